The molecule has 34 heavy (non-hydrogen) atoms. The maximum Gasteiger partial charge on any atom is 0.466 e. The van der Waals surface area contributed by atoms with Crippen molar-refractivity contribution in [2.45, 2.75) is 36.0 Å². The lowest BCUT2D eigenvalue weighted by molar-refractivity contribution is -0.280. The fraction of sp³-hybridized carbons (Fsp3) is 0.600. The largest absolute Gasteiger partial charge is 0.466 e. The monoisotopic (exact) mass is 662 g/mol. The van der Waals surface area contributed by atoms with E-state index < -0.39 is 57.0 Å². The quantitative estimate of drug-likeness (QED) is 0.248. The summed E-state index contributed by atoms with van der Waals surface area (Å²) in [7, 11) is 0. The number of carbonyl (C=O) groups is 4. The average molecular weight is 665 g/mol. The Labute approximate surface area is 209 Å². The molecule has 4 nitrogen and oxygen atoms in total. The van der Waals surface area contributed by atoms with Crippen molar-refractivity contribution in [2.24, 2.45) is 0 Å². The smallest absolute Gasteiger partial charge is 0.274 e. The second-order valence-electron chi connectivity index (χ2n) is 4.39. The predicted molar refractivity (Wildman–Crippen MR) is 89.8 cm³/mol. The van der Waals surface area contributed by atoms with Crippen LogP contribution in [0.3, 0.4) is 0 Å². The van der Waals surface area contributed by atoms with E-state index in [0.717, 1.165) is 0 Å². The molecule has 0 rings (SSSR count). The first-order valence-electron chi connectivity index (χ1n) is 5.97. The van der Waals surface area contributed by atoms with E-state index in [2.05, 4.69) is 46.4 Å². The predicted octanol–water partition coefficient (Wildman–Crippen LogP) is 6.53. The van der Waals surface area contributed by atoms with E-state index in [4.69, 9.17) is 4.79 Å². The molecule has 0 aromatic rings. The molecule has 24 heteroatoms. The van der Waals surface area contributed by atoms with Crippen molar-refractivity contribution >= 4 is 92.2 Å². The molecule has 206 valence electrons. The van der Waals surface area contributed by atoms with Gasteiger partial charge in [-0.2, -0.15) is 61.5 Å². The number of hydrogen-bond donors (Lipinski definition) is 0. The van der Waals surface area contributed by atoms with Crippen LogP contribution in [0.2, 0.25) is 0 Å². The Kier molecular flexibility index (Phi) is 18.2. The van der Waals surface area contributed by atoms with E-state index in [1.54, 1.807) is 0 Å². The van der Waals surface area contributed by atoms with Crippen molar-refractivity contribution in [3.05, 3.63) is 0 Å². The van der Waals surface area contributed by atoms with Gasteiger partial charge in [0.25, 0.3) is 10.5 Å². The third-order valence-corrected chi connectivity index (χ3v) is 3.03. The van der Waals surface area contributed by atoms with Gasteiger partial charge in [-0.25, -0.2) is 0 Å². The van der Waals surface area contributed by atoms with Crippen molar-refractivity contribution in [1.29, 1.82) is 0 Å². The van der Waals surface area contributed by atoms with Crippen molar-refractivity contribution in [3.8, 4) is 0 Å². The minimum absolute atomic E-state index is 0. The van der Waals surface area contributed by atoms with Crippen molar-refractivity contribution in [2.75, 3.05) is 0 Å². The molecule has 0 aliphatic rings. The lowest BCUT2D eigenvalue weighted by Crippen LogP contribution is -2.59. The van der Waals surface area contributed by atoms with Gasteiger partial charge >= 0.3 is 46.5 Å². The number of carbonyl (C=O) groups excluding carboxylic acids is 4. The molecule has 0 saturated heterocycles. The Morgan fingerprint density at radius 3 is 0.647 bits per heavy atom. The molecule has 0 aromatic heterocycles. The van der Waals surface area contributed by atoms with E-state index in [0.29, 0.717) is 0 Å². The highest BCUT2D eigenvalue weighted by Crippen LogP contribution is 2.47. The van der Waals surface area contributed by atoms with Crippen LogP contribution in [0.4, 0.5) is 61.5 Å². The molecule has 0 spiro atoms. The molecule has 0 radical (unpaired) electrons. The molecule has 0 unspecified atom stereocenters. The lowest BCUT2D eigenvalue weighted by Gasteiger charge is -2.27. The first-order valence-corrected chi connectivity index (χ1v) is 7.48. The summed E-state index contributed by atoms with van der Waals surface area (Å²) in [5.41, 5.74) is 0. The highest BCUT2D eigenvalue weighted by molar-refractivity contribution is 6.66. The van der Waals surface area contributed by atoms with Gasteiger partial charge in [0.2, 0.25) is 0 Å². The van der Waals surface area contributed by atoms with Gasteiger partial charge in [0, 0.05) is 0 Å². The molecule has 0 N–H and O–H groups in total. The van der Waals surface area contributed by atoms with Crippen molar-refractivity contribution < 1.29 is 80.6 Å². The molecule has 0 heterocycles. The van der Waals surface area contributed by atoms with Gasteiger partial charge in [-0.15, -0.1) is 24.8 Å². The summed E-state index contributed by atoms with van der Waals surface area (Å²) in [6, 6.07) is 0. The van der Waals surface area contributed by atoms with E-state index in [1.807, 2.05) is 0 Å². The van der Waals surface area contributed by atoms with Crippen LogP contribution in [0.15, 0.2) is 0 Å². The van der Waals surface area contributed by atoms with E-state index in [9.17, 15) is 75.8 Å². The Morgan fingerprint density at radius 2 is 0.588 bits per heavy atom. The van der Waals surface area contributed by atoms with Crippen LogP contribution in [-0.2, 0) is 19.2 Å². The Morgan fingerprint density at radius 1 is 0.412 bits per heavy atom. The summed E-state index contributed by atoms with van der Waals surface area (Å²) in [6.07, 6.45) is -10.8. The maximum absolute atomic E-state index is 12.4. The third kappa shape index (κ3) is 11.5. The fourth-order valence-electron chi connectivity index (χ4n) is 0.555. The second kappa shape index (κ2) is 14.2. The summed E-state index contributed by atoms with van der Waals surface area (Å²) in [5, 5.41) is -11.1. The topological polar surface area (TPSA) is 68.3 Å². The lowest BCUT2D eigenvalue weighted by atomic mass is 10.1. The summed E-state index contributed by atoms with van der Waals surface area (Å²) >= 11 is 16.0. The van der Waals surface area contributed by atoms with Crippen molar-refractivity contribution in [3.63, 3.8) is 0 Å². The van der Waals surface area contributed by atoms with Gasteiger partial charge in [0.15, 0.2) is 0 Å². The van der Waals surface area contributed by atoms with E-state index in [1.165, 1.54) is 0 Å². The van der Waals surface area contributed by atoms with Crippen LogP contribution in [0, 0.1) is 0 Å². The van der Waals surface area contributed by atoms with Gasteiger partial charge in [-0.1, -0.05) is 0 Å². The van der Waals surface area contributed by atoms with Crippen LogP contribution < -0.4 is 0 Å². The fourth-order valence-corrected chi connectivity index (χ4v) is 0.900. The minimum atomic E-state index is -6.29. The van der Waals surface area contributed by atoms with Gasteiger partial charge in [-0.05, 0) is 46.4 Å². The first kappa shape index (κ1) is 43.5. The Balaban J connectivity index is -0.000000129. The first-order chi connectivity index (χ1) is 13.5. The molecule has 0 bridgehead atoms. The van der Waals surface area contributed by atoms with Gasteiger partial charge in [0.05, 0.1) is 0 Å². The zero-order chi connectivity index (χ0) is 27.3. The van der Waals surface area contributed by atoms with Gasteiger partial charge < -0.3 is 0 Å². The molecular formula is C10H2Cl6F14O4. The number of alkyl halides is 14. The van der Waals surface area contributed by atoms with Crippen LogP contribution in [0.5, 0.6) is 0 Å². The molecule has 0 aromatic carbocycles. The zero-order valence-corrected chi connectivity index (χ0v) is 18.9. The van der Waals surface area contributed by atoms with Crippen LogP contribution >= 0.6 is 71.2 Å². The van der Waals surface area contributed by atoms with E-state index >= 15 is 0 Å². The number of halogens is 20. The number of hydrogen-bond acceptors (Lipinski definition) is 4. The third-order valence-electron chi connectivity index (χ3n) is 2.11. The molecule has 0 aliphatic carbocycles. The zero-order valence-electron chi connectivity index (χ0n) is 14.3. The minimum Gasteiger partial charge on any atom is -0.274 e. The molecule has 0 fully saturated rings. The molecule has 0 atom stereocenters. The highest BCUT2D eigenvalue weighted by Gasteiger charge is 2.77. The molecule has 0 aliphatic heterocycles. The molecular weight excluding hydrogens is 663 g/mol. The molecule has 0 amide bonds. The summed E-state index contributed by atoms with van der Waals surface area (Å²) in [4.78, 5) is 38.2. The second-order valence-corrected chi connectivity index (χ2v) is 5.76. The van der Waals surface area contributed by atoms with Crippen LogP contribution in [0.25, 0.3) is 0 Å². The SMILES string of the molecule is Cl.Cl.O=C(Cl)C(F)(F)C(F)(F)C(F)(F)C(=O)Cl.O=C(Cl)C(F)(F)C(F)(F)F.O=C(Cl)C(F)(F)F. The standard InChI is InChI=1S/C5Cl2F6O2.C3ClF5O.C2ClF3O.2ClH/c6-1(14)3(8,9)5(12,13)4(10,11)2(7)15;4-1(10)2(5,6)3(7,8)9;3-1(7)2(4,5)6;;/h;;;2*1H. The van der Waals surface area contributed by atoms with E-state index in [-0.39, 0.29) is 24.8 Å². The number of rotatable bonds is 5. The maximum atomic E-state index is 12.4. The average Bonchev–Trinajstić information content (AvgIpc) is 2.53. The highest BCUT2D eigenvalue weighted by atomic mass is 35.5. The Hall–Kier alpha value is -0.560. The molecule has 0 saturated carbocycles. The van der Waals surface area contributed by atoms with Crippen molar-refractivity contribution in [1.82, 2.24) is 0 Å². The Bertz CT molecular complexity index is 693. The summed E-state index contributed by atoms with van der Waals surface area (Å²) in [6.45, 7) is 0. The summed E-state index contributed by atoms with van der Waals surface area (Å²) < 4.78 is 162. The van der Waals surface area contributed by atoms with Gasteiger partial charge in [0.1, 0.15) is 0 Å². The van der Waals surface area contributed by atoms with Crippen LogP contribution in [0.1, 0.15) is 0 Å². The van der Waals surface area contributed by atoms with Gasteiger partial charge in [-0.3, -0.25) is 19.2 Å². The normalized spacial score (nSPS) is 12.4. The van der Waals surface area contributed by atoms with Crippen LogP contribution in [-0.4, -0.2) is 57.0 Å². The summed E-state index contributed by atoms with van der Waals surface area (Å²) in [5.74, 6) is -23.5.